The lowest BCUT2D eigenvalue weighted by Crippen LogP contribution is -2.36. The molecule has 37 heavy (non-hydrogen) atoms. The molecule has 14 heteroatoms. The molecule has 0 aliphatic carbocycles. The van der Waals surface area contributed by atoms with Gasteiger partial charge in [-0.15, -0.1) is 0 Å². The molecular formula is C23H17Cl2F2N5O3S2. The number of sulfonamides is 1. The van der Waals surface area contributed by atoms with Gasteiger partial charge in [0, 0.05) is 24.8 Å². The van der Waals surface area contributed by atoms with E-state index in [4.69, 9.17) is 32.9 Å². The minimum absolute atomic E-state index is 0.0111. The summed E-state index contributed by atoms with van der Waals surface area (Å²) in [6.45, 7) is 2.37. The van der Waals surface area contributed by atoms with Crippen molar-refractivity contribution in [1.82, 2.24) is 15.0 Å². The average Bonchev–Trinajstić information content (AvgIpc) is 3.31. The maximum atomic E-state index is 14.2. The molecule has 192 valence electrons. The molecule has 1 fully saturated rings. The molecular weight excluding hydrogens is 567 g/mol. The van der Waals surface area contributed by atoms with E-state index in [-0.39, 0.29) is 16.0 Å². The zero-order valence-electron chi connectivity index (χ0n) is 18.8. The number of ether oxygens (including phenoxy) is 1. The predicted molar refractivity (Wildman–Crippen MR) is 139 cm³/mol. The molecule has 5 rings (SSSR count). The van der Waals surface area contributed by atoms with Crippen molar-refractivity contribution < 1.29 is 21.9 Å². The van der Waals surface area contributed by atoms with Crippen molar-refractivity contribution in [3.8, 4) is 21.8 Å². The molecule has 3 heterocycles. The number of morpholine rings is 1. The van der Waals surface area contributed by atoms with Crippen LogP contribution < -0.4 is 9.62 Å². The zero-order valence-corrected chi connectivity index (χ0v) is 21.9. The normalized spacial score (nSPS) is 14.1. The van der Waals surface area contributed by atoms with Crippen molar-refractivity contribution in [1.29, 1.82) is 0 Å². The van der Waals surface area contributed by atoms with Crippen LogP contribution in [0.15, 0.2) is 53.6 Å². The summed E-state index contributed by atoms with van der Waals surface area (Å²) in [4.78, 5) is 14.6. The molecule has 8 nitrogen and oxygen atoms in total. The van der Waals surface area contributed by atoms with E-state index in [2.05, 4.69) is 19.6 Å². The van der Waals surface area contributed by atoms with E-state index in [1.54, 1.807) is 18.2 Å². The van der Waals surface area contributed by atoms with Gasteiger partial charge in [0.2, 0.25) is 5.28 Å². The summed E-state index contributed by atoms with van der Waals surface area (Å²) in [5.41, 5.74) is 1.25. The summed E-state index contributed by atoms with van der Waals surface area (Å²) >= 11 is 14.1. The van der Waals surface area contributed by atoms with Crippen LogP contribution in [0.4, 0.5) is 19.6 Å². The number of anilines is 2. The fourth-order valence-electron chi connectivity index (χ4n) is 3.74. The highest BCUT2D eigenvalue weighted by Gasteiger charge is 2.27. The van der Waals surface area contributed by atoms with Crippen molar-refractivity contribution in [3.05, 3.63) is 70.6 Å². The molecule has 0 bridgehead atoms. The maximum Gasteiger partial charge on any atom is 0.267 e. The Kier molecular flexibility index (Phi) is 7.28. The van der Waals surface area contributed by atoms with Gasteiger partial charge in [-0.05, 0) is 35.9 Å². The summed E-state index contributed by atoms with van der Waals surface area (Å²) in [5, 5.41) is 0.728. The Morgan fingerprint density at radius 2 is 1.70 bits per heavy atom. The summed E-state index contributed by atoms with van der Waals surface area (Å²) in [6, 6.07) is 9.07. The highest BCUT2D eigenvalue weighted by molar-refractivity contribution is 7.92. The second-order valence-electron chi connectivity index (χ2n) is 7.81. The number of hydrogen-bond donors (Lipinski definition) is 1. The monoisotopic (exact) mass is 583 g/mol. The number of hydrogen-bond acceptors (Lipinski definition) is 8. The molecule has 0 atom stereocenters. The molecule has 1 saturated heterocycles. The topological polar surface area (TPSA) is 97.3 Å². The van der Waals surface area contributed by atoms with Gasteiger partial charge in [-0.2, -0.15) is 0 Å². The van der Waals surface area contributed by atoms with Crippen molar-refractivity contribution >= 4 is 55.4 Å². The number of benzene rings is 2. The third kappa shape index (κ3) is 5.25. The van der Waals surface area contributed by atoms with Gasteiger partial charge in [-0.3, -0.25) is 4.72 Å². The van der Waals surface area contributed by atoms with Gasteiger partial charge < -0.3 is 9.64 Å². The molecule has 0 amide bonds. The summed E-state index contributed by atoms with van der Waals surface area (Å²) < 4.78 is 61.8. The number of aromatic nitrogens is 3. The Hall–Kier alpha value is -2.90. The Balaban J connectivity index is 1.60. The number of halogens is 4. The standard InChI is InChI=1S/C23H17Cl2F2N5O3S2/c24-18-13(3-1-6-16(18)31-37(33,34)21-14(26)4-2-5-15(21)27)19-20(17-7-8-28-22(25)29-17)36-23(30-19)32-9-11-35-12-10-32/h1-8,31H,9-12H2. The minimum atomic E-state index is -4.64. The number of nitrogens with zero attached hydrogens (tertiary/aromatic N) is 4. The minimum Gasteiger partial charge on any atom is -0.378 e. The number of nitrogens with one attached hydrogen (secondary N) is 1. The molecule has 0 spiro atoms. The van der Waals surface area contributed by atoms with Crippen LogP contribution in [0.25, 0.3) is 21.8 Å². The Labute approximate surface area is 224 Å². The zero-order chi connectivity index (χ0) is 26.2. The van der Waals surface area contributed by atoms with E-state index in [9.17, 15) is 17.2 Å². The van der Waals surface area contributed by atoms with E-state index in [1.165, 1.54) is 23.6 Å². The molecule has 1 N–H and O–H groups in total. The fraction of sp³-hybridized carbons (Fsp3) is 0.174. The lowest BCUT2D eigenvalue weighted by molar-refractivity contribution is 0.122. The van der Waals surface area contributed by atoms with Crippen LogP contribution in [-0.4, -0.2) is 49.7 Å². The van der Waals surface area contributed by atoms with Gasteiger partial charge in [0.25, 0.3) is 10.0 Å². The van der Waals surface area contributed by atoms with E-state index in [0.29, 0.717) is 53.3 Å². The Morgan fingerprint density at radius 3 is 2.41 bits per heavy atom. The summed E-state index contributed by atoms with van der Waals surface area (Å²) in [7, 11) is -4.64. The van der Waals surface area contributed by atoms with Crippen molar-refractivity contribution in [2.24, 2.45) is 0 Å². The smallest absolute Gasteiger partial charge is 0.267 e. The van der Waals surface area contributed by atoms with Gasteiger partial charge in [-0.25, -0.2) is 32.2 Å². The SMILES string of the molecule is O=S(=O)(Nc1cccc(-c2nc(N3CCOCC3)sc2-c2ccnc(Cl)n2)c1Cl)c1c(F)cccc1F. The molecule has 0 radical (unpaired) electrons. The second-order valence-corrected chi connectivity index (χ2v) is 11.1. The van der Waals surface area contributed by atoms with Gasteiger partial charge in [0.15, 0.2) is 10.0 Å². The lowest BCUT2D eigenvalue weighted by Gasteiger charge is -2.26. The third-order valence-electron chi connectivity index (χ3n) is 5.44. The fourth-order valence-corrected chi connectivity index (χ4v) is 6.52. The van der Waals surface area contributed by atoms with Crippen LogP contribution in [0.2, 0.25) is 10.3 Å². The van der Waals surface area contributed by atoms with Crippen molar-refractivity contribution in [3.63, 3.8) is 0 Å². The van der Waals surface area contributed by atoms with Gasteiger partial charge in [0.05, 0.1) is 40.2 Å². The molecule has 2 aromatic carbocycles. The molecule has 1 aliphatic rings. The van der Waals surface area contributed by atoms with Crippen LogP contribution >= 0.6 is 34.5 Å². The average molecular weight is 584 g/mol. The summed E-state index contributed by atoms with van der Waals surface area (Å²) in [6.07, 6.45) is 1.51. The molecule has 2 aromatic heterocycles. The first-order valence-electron chi connectivity index (χ1n) is 10.8. The summed E-state index contributed by atoms with van der Waals surface area (Å²) in [5.74, 6) is -2.45. The van der Waals surface area contributed by atoms with E-state index in [0.717, 1.165) is 18.2 Å². The number of rotatable bonds is 6. The van der Waals surface area contributed by atoms with E-state index in [1.807, 2.05) is 0 Å². The molecule has 0 unspecified atom stereocenters. The van der Waals surface area contributed by atoms with Crippen LogP contribution in [0.1, 0.15) is 0 Å². The van der Waals surface area contributed by atoms with Gasteiger partial charge >= 0.3 is 0 Å². The lowest BCUT2D eigenvalue weighted by atomic mass is 10.1. The Bertz CT molecular complexity index is 1560. The first kappa shape index (κ1) is 25.7. The van der Waals surface area contributed by atoms with Crippen molar-refractivity contribution in [2.75, 3.05) is 35.9 Å². The second kappa shape index (κ2) is 10.5. The van der Waals surface area contributed by atoms with Crippen LogP contribution in [-0.2, 0) is 14.8 Å². The van der Waals surface area contributed by atoms with Crippen molar-refractivity contribution in [2.45, 2.75) is 4.90 Å². The quantitative estimate of drug-likeness (QED) is 0.300. The molecule has 1 aliphatic heterocycles. The van der Waals surface area contributed by atoms with Gasteiger partial charge in [0.1, 0.15) is 11.6 Å². The predicted octanol–water partition coefficient (Wildman–Crippen LogP) is 5.49. The third-order valence-corrected chi connectivity index (χ3v) is 8.59. The number of thiazole rings is 1. The molecule has 0 saturated carbocycles. The molecule has 4 aromatic rings. The van der Waals surface area contributed by atoms with Gasteiger partial charge in [-0.1, -0.05) is 41.1 Å². The largest absolute Gasteiger partial charge is 0.378 e. The first-order chi connectivity index (χ1) is 17.7. The van der Waals surface area contributed by atoms with Crippen LogP contribution in [0.3, 0.4) is 0 Å². The highest BCUT2D eigenvalue weighted by Crippen LogP contribution is 2.44. The van der Waals surface area contributed by atoms with Crippen LogP contribution in [0, 0.1) is 11.6 Å². The highest BCUT2D eigenvalue weighted by atomic mass is 35.5. The van der Waals surface area contributed by atoms with E-state index >= 15 is 0 Å². The van der Waals surface area contributed by atoms with E-state index < -0.39 is 26.6 Å². The Morgan fingerprint density at radius 1 is 1.00 bits per heavy atom. The maximum absolute atomic E-state index is 14.2. The first-order valence-corrected chi connectivity index (χ1v) is 13.9. The van der Waals surface area contributed by atoms with Crippen LogP contribution in [0.5, 0.6) is 0 Å².